The van der Waals surface area contributed by atoms with Crippen molar-refractivity contribution in [1.29, 1.82) is 0 Å². The summed E-state index contributed by atoms with van der Waals surface area (Å²) in [6.07, 6.45) is 2.36. The van der Waals surface area contributed by atoms with Gasteiger partial charge in [-0.05, 0) is 37.5 Å². The first kappa shape index (κ1) is 8.54. The summed E-state index contributed by atoms with van der Waals surface area (Å²) in [5.74, 6) is -0.151. The maximum absolute atomic E-state index is 13.3. The monoisotopic (exact) mass is 178 g/mol. The zero-order valence-electron chi connectivity index (χ0n) is 7.76. The SMILES string of the molecule is [CH2]c1ccc(F)c(N(C)C2CC2)c1. The molecule has 0 unspecified atom stereocenters. The van der Waals surface area contributed by atoms with Gasteiger partial charge >= 0.3 is 0 Å². The van der Waals surface area contributed by atoms with Crippen LogP contribution in [-0.2, 0) is 0 Å². The van der Waals surface area contributed by atoms with E-state index in [1.165, 1.54) is 18.9 Å². The Kier molecular flexibility index (Phi) is 1.98. The third-order valence-corrected chi connectivity index (χ3v) is 2.49. The highest BCUT2D eigenvalue weighted by Gasteiger charge is 2.27. The summed E-state index contributed by atoms with van der Waals surface area (Å²) < 4.78 is 13.3. The van der Waals surface area contributed by atoms with Gasteiger partial charge in [-0.1, -0.05) is 6.07 Å². The van der Waals surface area contributed by atoms with Gasteiger partial charge in [0.25, 0.3) is 0 Å². The fourth-order valence-corrected chi connectivity index (χ4v) is 1.49. The van der Waals surface area contributed by atoms with Gasteiger partial charge in [0.2, 0.25) is 0 Å². The fourth-order valence-electron chi connectivity index (χ4n) is 1.49. The average Bonchev–Trinajstić information content (AvgIpc) is 2.91. The molecule has 0 spiro atoms. The molecule has 0 amide bonds. The van der Waals surface area contributed by atoms with E-state index >= 15 is 0 Å². The number of hydrogen-bond acceptors (Lipinski definition) is 1. The predicted octanol–water partition coefficient (Wildman–Crippen LogP) is 2.61. The van der Waals surface area contributed by atoms with Gasteiger partial charge in [0.05, 0.1) is 5.69 Å². The van der Waals surface area contributed by atoms with Gasteiger partial charge in [-0.15, -0.1) is 0 Å². The largest absolute Gasteiger partial charge is 0.369 e. The minimum absolute atomic E-state index is 0.151. The molecule has 0 atom stereocenters. The van der Waals surface area contributed by atoms with E-state index in [2.05, 4.69) is 6.92 Å². The third-order valence-electron chi connectivity index (χ3n) is 2.49. The van der Waals surface area contributed by atoms with Gasteiger partial charge in [-0.2, -0.15) is 0 Å². The Morgan fingerprint density at radius 1 is 1.46 bits per heavy atom. The molecular weight excluding hydrogens is 165 g/mol. The number of nitrogens with zero attached hydrogens (tertiary/aromatic N) is 1. The van der Waals surface area contributed by atoms with Crippen LogP contribution in [0.3, 0.4) is 0 Å². The lowest BCUT2D eigenvalue weighted by Gasteiger charge is -2.19. The molecule has 1 aliphatic carbocycles. The summed E-state index contributed by atoms with van der Waals surface area (Å²) in [6, 6.07) is 5.51. The highest BCUT2D eigenvalue weighted by molar-refractivity contribution is 5.51. The van der Waals surface area contributed by atoms with Crippen molar-refractivity contribution in [2.45, 2.75) is 18.9 Å². The topological polar surface area (TPSA) is 3.24 Å². The average molecular weight is 178 g/mol. The molecule has 1 nitrogen and oxygen atoms in total. The van der Waals surface area contributed by atoms with Crippen LogP contribution in [0.5, 0.6) is 0 Å². The van der Waals surface area contributed by atoms with Crippen molar-refractivity contribution >= 4 is 5.69 Å². The molecule has 1 saturated carbocycles. The van der Waals surface area contributed by atoms with E-state index in [4.69, 9.17) is 0 Å². The minimum atomic E-state index is -0.151. The van der Waals surface area contributed by atoms with E-state index in [0.29, 0.717) is 11.7 Å². The van der Waals surface area contributed by atoms with Crippen molar-refractivity contribution in [3.8, 4) is 0 Å². The van der Waals surface area contributed by atoms with Crippen LogP contribution in [0.1, 0.15) is 18.4 Å². The molecule has 0 aromatic heterocycles. The Morgan fingerprint density at radius 2 is 2.15 bits per heavy atom. The molecule has 1 aliphatic rings. The van der Waals surface area contributed by atoms with Crippen molar-refractivity contribution in [2.24, 2.45) is 0 Å². The smallest absolute Gasteiger partial charge is 0.146 e. The molecule has 1 aromatic carbocycles. The number of benzene rings is 1. The summed E-state index contributed by atoms with van der Waals surface area (Å²) in [5.41, 5.74) is 1.54. The zero-order chi connectivity index (χ0) is 9.42. The zero-order valence-corrected chi connectivity index (χ0v) is 7.76. The van der Waals surface area contributed by atoms with Gasteiger partial charge in [-0.3, -0.25) is 0 Å². The van der Waals surface area contributed by atoms with Gasteiger partial charge in [0, 0.05) is 13.1 Å². The molecule has 1 radical (unpaired) electrons. The van der Waals surface area contributed by atoms with Crippen molar-refractivity contribution in [3.63, 3.8) is 0 Å². The molecule has 1 aromatic rings. The number of hydrogen-bond donors (Lipinski definition) is 0. The molecule has 1 fully saturated rings. The van der Waals surface area contributed by atoms with E-state index in [-0.39, 0.29) is 5.82 Å². The molecule has 0 heterocycles. The second-order valence-corrected chi connectivity index (χ2v) is 3.63. The highest BCUT2D eigenvalue weighted by atomic mass is 19.1. The fraction of sp³-hybridized carbons (Fsp3) is 0.364. The van der Waals surface area contributed by atoms with E-state index in [9.17, 15) is 4.39 Å². The Labute approximate surface area is 78.2 Å². The minimum Gasteiger partial charge on any atom is -0.369 e. The maximum atomic E-state index is 13.3. The predicted molar refractivity (Wildman–Crippen MR) is 52.3 cm³/mol. The molecule has 2 rings (SSSR count). The van der Waals surface area contributed by atoms with Crippen molar-refractivity contribution in [1.82, 2.24) is 0 Å². The lowest BCUT2D eigenvalue weighted by Crippen LogP contribution is -2.20. The van der Waals surface area contributed by atoms with Crippen LogP contribution in [0.2, 0.25) is 0 Å². The normalized spacial score (nSPS) is 15.9. The van der Waals surface area contributed by atoms with Gasteiger partial charge in [0.1, 0.15) is 5.82 Å². The summed E-state index contributed by atoms with van der Waals surface area (Å²) >= 11 is 0. The molecule has 0 aliphatic heterocycles. The highest BCUT2D eigenvalue weighted by Crippen LogP contribution is 2.31. The first-order valence-electron chi connectivity index (χ1n) is 4.53. The van der Waals surface area contributed by atoms with Crippen molar-refractivity contribution in [3.05, 3.63) is 36.5 Å². The molecular formula is C11H13FN. The van der Waals surface area contributed by atoms with Gasteiger partial charge in [0.15, 0.2) is 0 Å². The van der Waals surface area contributed by atoms with Gasteiger partial charge in [-0.25, -0.2) is 4.39 Å². The Balaban J connectivity index is 2.31. The summed E-state index contributed by atoms with van der Waals surface area (Å²) in [7, 11) is 1.94. The maximum Gasteiger partial charge on any atom is 0.146 e. The molecule has 69 valence electrons. The summed E-state index contributed by atoms with van der Waals surface area (Å²) in [5, 5.41) is 0. The number of anilines is 1. The van der Waals surface area contributed by atoms with E-state index in [0.717, 1.165) is 5.56 Å². The van der Waals surface area contributed by atoms with E-state index < -0.39 is 0 Å². The van der Waals surface area contributed by atoms with Crippen LogP contribution >= 0.6 is 0 Å². The van der Waals surface area contributed by atoms with Crippen LogP contribution in [0.4, 0.5) is 10.1 Å². The Hall–Kier alpha value is -1.05. The van der Waals surface area contributed by atoms with Crippen LogP contribution in [0.15, 0.2) is 18.2 Å². The second kappa shape index (κ2) is 3.02. The lowest BCUT2D eigenvalue weighted by atomic mass is 10.2. The number of rotatable bonds is 2. The summed E-state index contributed by atoms with van der Waals surface area (Å²) in [6.45, 7) is 3.79. The lowest BCUT2D eigenvalue weighted by molar-refractivity contribution is 0.621. The molecule has 0 bridgehead atoms. The van der Waals surface area contributed by atoms with Gasteiger partial charge < -0.3 is 4.90 Å². The molecule has 13 heavy (non-hydrogen) atoms. The molecule has 0 N–H and O–H groups in total. The Morgan fingerprint density at radius 3 is 2.77 bits per heavy atom. The first-order valence-corrected chi connectivity index (χ1v) is 4.53. The third kappa shape index (κ3) is 1.67. The van der Waals surface area contributed by atoms with E-state index in [1.54, 1.807) is 12.1 Å². The van der Waals surface area contributed by atoms with Crippen molar-refractivity contribution in [2.75, 3.05) is 11.9 Å². The van der Waals surface area contributed by atoms with Crippen LogP contribution in [0.25, 0.3) is 0 Å². The molecule has 2 heteroatoms. The van der Waals surface area contributed by atoms with Crippen LogP contribution in [-0.4, -0.2) is 13.1 Å². The second-order valence-electron chi connectivity index (χ2n) is 3.63. The van der Waals surface area contributed by atoms with Crippen LogP contribution < -0.4 is 4.90 Å². The standard InChI is InChI=1S/C11H13FN/c1-8-3-6-10(12)11(7-8)13(2)9-4-5-9/h3,6-7,9H,1,4-5H2,2H3. The quantitative estimate of drug-likeness (QED) is 0.672. The Bertz CT molecular complexity index is 318. The summed E-state index contributed by atoms with van der Waals surface area (Å²) in [4.78, 5) is 2.00. The van der Waals surface area contributed by atoms with Crippen LogP contribution in [0, 0.1) is 12.7 Å². The van der Waals surface area contributed by atoms with Crippen molar-refractivity contribution < 1.29 is 4.39 Å². The molecule has 0 saturated heterocycles. The van der Waals surface area contributed by atoms with E-state index in [1.807, 2.05) is 11.9 Å². The first-order chi connectivity index (χ1) is 6.18. The number of halogens is 1.